The summed E-state index contributed by atoms with van der Waals surface area (Å²) < 4.78 is 0.631. The first kappa shape index (κ1) is 13.6. The number of halogens is 2. The molecule has 0 radical (unpaired) electrons. The molecule has 1 atom stereocenters. The van der Waals surface area contributed by atoms with E-state index in [0.717, 1.165) is 6.42 Å². The van der Waals surface area contributed by atoms with Crippen LogP contribution < -0.4 is 0 Å². The Morgan fingerprint density at radius 1 is 1.50 bits per heavy atom. The number of aromatic hydroxyl groups is 1. The smallest absolute Gasteiger partial charge is 0.257 e. The first-order chi connectivity index (χ1) is 8.49. The lowest BCUT2D eigenvalue weighted by atomic mass is 10.1. The van der Waals surface area contributed by atoms with Gasteiger partial charge in [-0.3, -0.25) is 4.79 Å². The van der Waals surface area contributed by atoms with Crippen LogP contribution in [0.25, 0.3) is 0 Å². The van der Waals surface area contributed by atoms with E-state index in [1.807, 2.05) is 0 Å². The Hall–Kier alpha value is -0.780. The molecule has 4 nitrogen and oxygen atoms in total. The maximum Gasteiger partial charge on any atom is 0.257 e. The highest BCUT2D eigenvalue weighted by atomic mass is 79.9. The zero-order chi connectivity index (χ0) is 13.3. The van der Waals surface area contributed by atoms with Gasteiger partial charge in [0.05, 0.1) is 16.7 Å². The first-order valence-electron chi connectivity index (χ1n) is 5.64. The van der Waals surface area contributed by atoms with Crippen molar-refractivity contribution in [1.82, 2.24) is 4.90 Å². The molecule has 1 aliphatic heterocycles. The highest BCUT2D eigenvalue weighted by Gasteiger charge is 2.25. The van der Waals surface area contributed by atoms with Crippen LogP contribution in [-0.4, -0.2) is 40.2 Å². The van der Waals surface area contributed by atoms with Crippen LogP contribution in [0.1, 0.15) is 23.2 Å². The molecule has 1 aliphatic rings. The summed E-state index contributed by atoms with van der Waals surface area (Å²) in [5.41, 5.74) is 0.156. The van der Waals surface area contributed by atoms with E-state index < -0.39 is 6.10 Å². The fourth-order valence-electron chi connectivity index (χ4n) is 2.04. The van der Waals surface area contributed by atoms with Crippen LogP contribution in [0.3, 0.4) is 0 Å². The van der Waals surface area contributed by atoms with Crippen LogP contribution in [0.5, 0.6) is 5.75 Å². The van der Waals surface area contributed by atoms with Crippen LogP contribution >= 0.6 is 27.5 Å². The van der Waals surface area contributed by atoms with E-state index in [-0.39, 0.29) is 22.2 Å². The largest absolute Gasteiger partial charge is 0.506 e. The number of piperidine rings is 1. The van der Waals surface area contributed by atoms with E-state index in [9.17, 15) is 15.0 Å². The van der Waals surface area contributed by atoms with Crippen molar-refractivity contribution in [2.45, 2.75) is 18.9 Å². The zero-order valence-corrected chi connectivity index (χ0v) is 11.9. The average Bonchev–Trinajstić information content (AvgIpc) is 2.33. The van der Waals surface area contributed by atoms with Crippen LogP contribution in [0, 0.1) is 0 Å². The molecule has 2 N–H and O–H groups in total. The normalized spacial score (nSPS) is 19.9. The second-order valence-electron chi connectivity index (χ2n) is 4.33. The van der Waals surface area contributed by atoms with E-state index in [0.29, 0.717) is 24.0 Å². The summed E-state index contributed by atoms with van der Waals surface area (Å²) in [4.78, 5) is 13.8. The van der Waals surface area contributed by atoms with Crippen molar-refractivity contribution in [3.05, 3.63) is 27.2 Å². The van der Waals surface area contributed by atoms with Gasteiger partial charge in [0.2, 0.25) is 0 Å². The van der Waals surface area contributed by atoms with Gasteiger partial charge in [-0.2, -0.15) is 0 Å². The predicted octanol–water partition coefficient (Wildman–Crippen LogP) is 2.41. The molecule has 0 saturated carbocycles. The van der Waals surface area contributed by atoms with Gasteiger partial charge in [0.25, 0.3) is 5.91 Å². The predicted molar refractivity (Wildman–Crippen MR) is 72.0 cm³/mol. The second-order valence-corrected chi connectivity index (χ2v) is 5.65. The molecule has 2 rings (SSSR count). The Morgan fingerprint density at radius 3 is 2.89 bits per heavy atom. The molecular formula is C12H13BrClNO3. The molecule has 98 valence electrons. The van der Waals surface area contributed by atoms with E-state index in [4.69, 9.17) is 11.6 Å². The Bertz CT molecular complexity index is 481. The van der Waals surface area contributed by atoms with Gasteiger partial charge in [0.15, 0.2) is 0 Å². The SMILES string of the molecule is O=C(c1cc(Br)cc(Cl)c1O)N1CCCC(O)C1. The van der Waals surface area contributed by atoms with Crippen molar-refractivity contribution in [2.24, 2.45) is 0 Å². The molecule has 0 bridgehead atoms. The van der Waals surface area contributed by atoms with E-state index in [1.165, 1.54) is 17.0 Å². The lowest BCUT2D eigenvalue weighted by molar-refractivity contribution is 0.0471. The Kier molecular flexibility index (Phi) is 4.14. The van der Waals surface area contributed by atoms with Crippen molar-refractivity contribution in [3.63, 3.8) is 0 Å². The van der Waals surface area contributed by atoms with E-state index in [2.05, 4.69) is 15.9 Å². The molecule has 1 aromatic carbocycles. The summed E-state index contributed by atoms with van der Waals surface area (Å²) in [6, 6.07) is 3.06. The topological polar surface area (TPSA) is 60.8 Å². The van der Waals surface area contributed by atoms with Gasteiger partial charge >= 0.3 is 0 Å². The number of nitrogens with zero attached hydrogens (tertiary/aromatic N) is 1. The molecule has 18 heavy (non-hydrogen) atoms. The number of phenols is 1. The number of amides is 1. The summed E-state index contributed by atoms with van der Waals surface area (Å²) in [5, 5.41) is 19.5. The minimum absolute atomic E-state index is 0.130. The second kappa shape index (κ2) is 5.47. The Labute approximate surface area is 118 Å². The third kappa shape index (κ3) is 2.79. The van der Waals surface area contributed by atoms with Gasteiger partial charge in [-0.25, -0.2) is 0 Å². The fourth-order valence-corrected chi connectivity index (χ4v) is 2.85. The summed E-state index contributed by atoms with van der Waals surface area (Å²) >= 11 is 9.07. The third-order valence-electron chi connectivity index (χ3n) is 2.94. The first-order valence-corrected chi connectivity index (χ1v) is 6.81. The summed E-state index contributed by atoms with van der Waals surface area (Å²) in [5.74, 6) is -0.528. The molecule has 6 heteroatoms. The minimum Gasteiger partial charge on any atom is -0.506 e. The van der Waals surface area contributed by atoms with Crippen molar-refractivity contribution >= 4 is 33.4 Å². The van der Waals surface area contributed by atoms with Crippen molar-refractivity contribution in [1.29, 1.82) is 0 Å². The van der Waals surface area contributed by atoms with Crippen LogP contribution in [0.4, 0.5) is 0 Å². The van der Waals surface area contributed by atoms with Crippen molar-refractivity contribution in [2.75, 3.05) is 13.1 Å². The molecule has 0 aliphatic carbocycles. The highest BCUT2D eigenvalue weighted by molar-refractivity contribution is 9.10. The zero-order valence-electron chi connectivity index (χ0n) is 9.57. The van der Waals surface area contributed by atoms with Crippen LogP contribution in [0.15, 0.2) is 16.6 Å². The summed E-state index contributed by atoms with van der Waals surface area (Å²) in [6.45, 7) is 0.877. The number of β-amino-alcohol motifs (C(OH)–C–C–N with tert-alkyl or cyclic N) is 1. The molecule has 1 aromatic rings. The van der Waals surface area contributed by atoms with Gasteiger partial charge in [0, 0.05) is 17.6 Å². The van der Waals surface area contributed by atoms with Gasteiger partial charge in [-0.1, -0.05) is 27.5 Å². The van der Waals surface area contributed by atoms with E-state index in [1.54, 1.807) is 0 Å². The molecule has 1 saturated heterocycles. The molecule has 0 spiro atoms. The molecule has 1 heterocycles. The fraction of sp³-hybridized carbons (Fsp3) is 0.417. The number of phenolic OH excluding ortho intramolecular Hbond substituents is 1. The number of rotatable bonds is 1. The number of hydrogen-bond donors (Lipinski definition) is 2. The average molecular weight is 335 g/mol. The number of carbonyl (C=O) groups is 1. The van der Waals surface area contributed by atoms with Crippen molar-refractivity contribution in [3.8, 4) is 5.75 Å². The number of aliphatic hydroxyl groups excluding tert-OH is 1. The summed E-state index contributed by atoms with van der Waals surface area (Å²) in [7, 11) is 0. The molecule has 1 fully saturated rings. The standard InChI is InChI=1S/C12H13BrClNO3/c13-7-4-9(11(17)10(14)5-7)12(18)15-3-1-2-8(16)6-15/h4-5,8,16-17H,1-3,6H2. The van der Waals surface area contributed by atoms with Crippen LogP contribution in [-0.2, 0) is 0 Å². The lowest BCUT2D eigenvalue weighted by Gasteiger charge is -2.30. The summed E-state index contributed by atoms with van der Waals surface area (Å²) in [6.07, 6.45) is 0.970. The number of aliphatic hydroxyl groups is 1. The van der Waals surface area contributed by atoms with Gasteiger partial charge in [-0.05, 0) is 25.0 Å². The van der Waals surface area contributed by atoms with E-state index >= 15 is 0 Å². The Morgan fingerprint density at radius 2 is 2.22 bits per heavy atom. The number of likely N-dealkylation sites (tertiary alicyclic amines) is 1. The lowest BCUT2D eigenvalue weighted by Crippen LogP contribution is -2.42. The number of benzene rings is 1. The maximum atomic E-state index is 12.2. The molecular weight excluding hydrogens is 321 g/mol. The van der Waals surface area contributed by atoms with Crippen molar-refractivity contribution < 1.29 is 15.0 Å². The minimum atomic E-state index is -0.493. The quantitative estimate of drug-likeness (QED) is 0.829. The number of carbonyl (C=O) groups excluding carboxylic acids is 1. The van der Waals surface area contributed by atoms with Gasteiger partial charge < -0.3 is 15.1 Å². The molecule has 0 aromatic heterocycles. The van der Waals surface area contributed by atoms with Gasteiger partial charge in [-0.15, -0.1) is 0 Å². The third-order valence-corrected chi connectivity index (χ3v) is 3.69. The van der Waals surface area contributed by atoms with Crippen LogP contribution in [0.2, 0.25) is 5.02 Å². The van der Waals surface area contributed by atoms with Gasteiger partial charge in [0.1, 0.15) is 5.75 Å². The maximum absolute atomic E-state index is 12.2. The molecule has 1 amide bonds. The highest BCUT2D eigenvalue weighted by Crippen LogP contribution is 2.32. The molecule has 1 unspecified atom stereocenters. The number of hydrogen-bond acceptors (Lipinski definition) is 3. The Balaban J connectivity index is 2.28. The monoisotopic (exact) mass is 333 g/mol.